The molecule has 14 heavy (non-hydrogen) atoms. The summed E-state index contributed by atoms with van der Waals surface area (Å²) in [4.78, 5) is 0. The summed E-state index contributed by atoms with van der Waals surface area (Å²) in [6.45, 7) is 4.28. The molecule has 0 aromatic carbocycles. The fourth-order valence-electron chi connectivity index (χ4n) is 1.12. The second-order valence-electron chi connectivity index (χ2n) is 3.23. The number of nitrogens with one attached hydrogen (secondary N) is 1. The van der Waals surface area contributed by atoms with E-state index in [0.29, 0.717) is 13.0 Å². The normalized spacial score (nSPS) is 13.5. The van der Waals surface area contributed by atoms with Crippen LogP contribution >= 0.6 is 0 Å². The van der Waals surface area contributed by atoms with Crippen molar-refractivity contribution < 1.29 is 8.42 Å². The van der Waals surface area contributed by atoms with Crippen molar-refractivity contribution in [1.82, 2.24) is 5.32 Å². The lowest BCUT2D eigenvalue weighted by Gasteiger charge is -2.10. The average molecular weight is 217 g/mol. The largest absolute Gasteiger partial charge is 0.303 e. The monoisotopic (exact) mass is 217 g/mol. The standard InChI is InChI=1S/C10H19NO2S/c1-4-8-14(12,13)9-7-11-10(5-2)6-3/h2,10-11H,4,6-9H2,1,3H3. The topological polar surface area (TPSA) is 46.2 Å². The van der Waals surface area contributed by atoms with Gasteiger partial charge >= 0.3 is 0 Å². The number of rotatable bonds is 7. The van der Waals surface area contributed by atoms with E-state index in [4.69, 9.17) is 6.42 Å². The van der Waals surface area contributed by atoms with Crippen LogP contribution in [0.15, 0.2) is 0 Å². The second kappa shape index (κ2) is 6.86. The van der Waals surface area contributed by atoms with E-state index < -0.39 is 9.84 Å². The summed E-state index contributed by atoms with van der Waals surface area (Å²) in [5.74, 6) is 3.01. The SMILES string of the molecule is C#CC(CC)NCCS(=O)(=O)CCC. The van der Waals surface area contributed by atoms with Crippen LogP contribution in [0.5, 0.6) is 0 Å². The molecule has 82 valence electrons. The van der Waals surface area contributed by atoms with Crippen molar-refractivity contribution in [3.63, 3.8) is 0 Å². The first-order valence-electron chi connectivity index (χ1n) is 4.95. The third-order valence-electron chi connectivity index (χ3n) is 1.93. The van der Waals surface area contributed by atoms with Gasteiger partial charge in [-0.25, -0.2) is 8.42 Å². The Labute approximate surface area is 87.2 Å². The Bertz CT molecular complexity index is 277. The van der Waals surface area contributed by atoms with Gasteiger partial charge in [0.25, 0.3) is 0 Å². The van der Waals surface area contributed by atoms with E-state index in [1.807, 2.05) is 13.8 Å². The van der Waals surface area contributed by atoms with Crippen LogP contribution in [0.3, 0.4) is 0 Å². The lowest BCUT2D eigenvalue weighted by molar-refractivity contribution is 0.578. The van der Waals surface area contributed by atoms with Gasteiger partial charge in [-0.15, -0.1) is 6.42 Å². The minimum absolute atomic E-state index is 0.00757. The fourth-order valence-corrected chi connectivity index (χ4v) is 2.38. The highest BCUT2D eigenvalue weighted by atomic mass is 32.2. The molecule has 0 aromatic rings. The highest BCUT2D eigenvalue weighted by molar-refractivity contribution is 7.91. The Balaban J connectivity index is 3.80. The fraction of sp³-hybridized carbons (Fsp3) is 0.800. The summed E-state index contributed by atoms with van der Waals surface area (Å²) >= 11 is 0. The third-order valence-corrected chi connectivity index (χ3v) is 3.78. The van der Waals surface area contributed by atoms with Crippen LogP contribution < -0.4 is 5.32 Å². The van der Waals surface area contributed by atoms with E-state index in [1.54, 1.807) is 0 Å². The molecule has 0 aliphatic carbocycles. The zero-order chi connectivity index (χ0) is 11.0. The summed E-state index contributed by atoms with van der Waals surface area (Å²) in [5, 5.41) is 3.02. The number of terminal acetylenes is 1. The molecule has 0 saturated carbocycles. The first kappa shape index (κ1) is 13.5. The van der Waals surface area contributed by atoms with Crippen LogP contribution in [0, 0.1) is 12.3 Å². The molecular weight excluding hydrogens is 198 g/mol. The number of hydrogen-bond donors (Lipinski definition) is 1. The van der Waals surface area contributed by atoms with Gasteiger partial charge in [0.1, 0.15) is 0 Å². The van der Waals surface area contributed by atoms with Gasteiger partial charge in [0.15, 0.2) is 9.84 Å². The van der Waals surface area contributed by atoms with Crippen molar-refractivity contribution in [2.75, 3.05) is 18.1 Å². The van der Waals surface area contributed by atoms with Crippen molar-refractivity contribution in [3.05, 3.63) is 0 Å². The van der Waals surface area contributed by atoms with E-state index in [-0.39, 0.29) is 17.5 Å². The molecule has 0 amide bonds. The zero-order valence-electron chi connectivity index (χ0n) is 8.91. The molecule has 1 atom stereocenters. The predicted octanol–water partition coefficient (Wildman–Crippen LogP) is 0.813. The maximum atomic E-state index is 11.3. The summed E-state index contributed by atoms with van der Waals surface area (Å²) in [6.07, 6.45) is 6.73. The van der Waals surface area contributed by atoms with Gasteiger partial charge in [0.2, 0.25) is 0 Å². The quantitative estimate of drug-likeness (QED) is 0.642. The Morgan fingerprint density at radius 2 is 2.00 bits per heavy atom. The number of hydrogen-bond acceptors (Lipinski definition) is 3. The van der Waals surface area contributed by atoms with E-state index in [9.17, 15) is 8.42 Å². The molecular formula is C10H19NO2S. The summed E-state index contributed by atoms with van der Waals surface area (Å²) in [6, 6.07) is -0.00757. The van der Waals surface area contributed by atoms with Gasteiger partial charge in [-0.1, -0.05) is 19.8 Å². The van der Waals surface area contributed by atoms with E-state index >= 15 is 0 Å². The zero-order valence-corrected chi connectivity index (χ0v) is 9.73. The third kappa shape index (κ3) is 6.01. The maximum Gasteiger partial charge on any atom is 0.151 e. The Hall–Kier alpha value is -0.530. The van der Waals surface area contributed by atoms with Crippen molar-refractivity contribution in [3.8, 4) is 12.3 Å². The van der Waals surface area contributed by atoms with E-state index in [2.05, 4.69) is 11.2 Å². The minimum Gasteiger partial charge on any atom is -0.303 e. The molecule has 0 spiro atoms. The highest BCUT2D eigenvalue weighted by Gasteiger charge is 2.09. The first-order chi connectivity index (χ1) is 6.55. The molecule has 0 radical (unpaired) electrons. The summed E-state index contributed by atoms with van der Waals surface area (Å²) < 4.78 is 22.6. The van der Waals surface area contributed by atoms with Crippen LogP contribution in [-0.2, 0) is 9.84 Å². The predicted molar refractivity (Wildman–Crippen MR) is 59.9 cm³/mol. The van der Waals surface area contributed by atoms with Gasteiger partial charge in [-0.2, -0.15) is 0 Å². The van der Waals surface area contributed by atoms with Crippen molar-refractivity contribution in [1.29, 1.82) is 0 Å². The Morgan fingerprint density at radius 3 is 2.43 bits per heavy atom. The van der Waals surface area contributed by atoms with Crippen molar-refractivity contribution in [2.45, 2.75) is 32.7 Å². The van der Waals surface area contributed by atoms with Gasteiger partial charge in [-0.05, 0) is 12.8 Å². The van der Waals surface area contributed by atoms with Gasteiger partial charge in [-0.3, -0.25) is 0 Å². The Morgan fingerprint density at radius 1 is 1.36 bits per heavy atom. The van der Waals surface area contributed by atoms with Crippen LogP contribution in [0.1, 0.15) is 26.7 Å². The molecule has 0 aliphatic heterocycles. The molecule has 0 bridgehead atoms. The highest BCUT2D eigenvalue weighted by Crippen LogP contribution is 1.93. The smallest absolute Gasteiger partial charge is 0.151 e. The molecule has 1 unspecified atom stereocenters. The van der Waals surface area contributed by atoms with Gasteiger partial charge < -0.3 is 5.32 Å². The molecule has 3 nitrogen and oxygen atoms in total. The van der Waals surface area contributed by atoms with Crippen LogP contribution in [-0.4, -0.2) is 32.5 Å². The molecule has 0 fully saturated rings. The van der Waals surface area contributed by atoms with Crippen LogP contribution in [0.25, 0.3) is 0 Å². The maximum absolute atomic E-state index is 11.3. The molecule has 1 N–H and O–H groups in total. The average Bonchev–Trinajstić information content (AvgIpc) is 2.12. The van der Waals surface area contributed by atoms with E-state index in [0.717, 1.165) is 6.42 Å². The molecule has 0 aliphatic rings. The Kier molecular flexibility index (Phi) is 6.60. The molecule has 0 saturated heterocycles. The van der Waals surface area contributed by atoms with Gasteiger partial charge in [0, 0.05) is 12.3 Å². The summed E-state index contributed by atoms with van der Waals surface area (Å²) in [7, 11) is -2.87. The minimum atomic E-state index is -2.87. The lowest BCUT2D eigenvalue weighted by atomic mass is 10.2. The molecule has 0 rings (SSSR count). The van der Waals surface area contributed by atoms with Crippen molar-refractivity contribution in [2.24, 2.45) is 0 Å². The van der Waals surface area contributed by atoms with Gasteiger partial charge in [0.05, 0.1) is 11.8 Å². The second-order valence-corrected chi connectivity index (χ2v) is 5.54. The molecule has 0 heterocycles. The molecule has 0 aromatic heterocycles. The van der Waals surface area contributed by atoms with E-state index in [1.165, 1.54) is 0 Å². The summed E-state index contributed by atoms with van der Waals surface area (Å²) in [5.41, 5.74) is 0. The van der Waals surface area contributed by atoms with Crippen LogP contribution in [0.4, 0.5) is 0 Å². The lowest BCUT2D eigenvalue weighted by Crippen LogP contribution is -2.32. The number of sulfone groups is 1. The van der Waals surface area contributed by atoms with Crippen molar-refractivity contribution >= 4 is 9.84 Å². The van der Waals surface area contributed by atoms with Crippen LogP contribution in [0.2, 0.25) is 0 Å². The molecule has 4 heteroatoms. The first-order valence-corrected chi connectivity index (χ1v) is 6.77.